The number of aliphatic hydroxyl groups excluding tert-OH is 2. The zero-order valence-corrected chi connectivity index (χ0v) is 11.3. The molecule has 0 aliphatic carbocycles. The van der Waals surface area contributed by atoms with Gasteiger partial charge in [-0.3, -0.25) is 4.79 Å². The van der Waals surface area contributed by atoms with Crippen molar-refractivity contribution in [2.75, 3.05) is 13.2 Å². The first-order valence-corrected chi connectivity index (χ1v) is 6.66. The molecular formula is C12H11ClFNO3S. The van der Waals surface area contributed by atoms with E-state index in [1.165, 1.54) is 18.2 Å². The Balaban J connectivity index is 2.34. The number of carbonyl (C=O) groups is 1. The Hall–Kier alpha value is -1.21. The number of amides is 1. The second kappa shape index (κ2) is 5.83. The van der Waals surface area contributed by atoms with Crippen molar-refractivity contribution < 1.29 is 19.4 Å². The summed E-state index contributed by atoms with van der Waals surface area (Å²) < 4.78 is 13.7. The van der Waals surface area contributed by atoms with Crippen LogP contribution in [0.1, 0.15) is 9.67 Å². The van der Waals surface area contributed by atoms with Crippen LogP contribution in [0, 0.1) is 5.82 Å². The zero-order chi connectivity index (χ0) is 14.0. The van der Waals surface area contributed by atoms with Gasteiger partial charge in [0, 0.05) is 10.1 Å². The van der Waals surface area contributed by atoms with Crippen molar-refractivity contribution in [1.82, 2.24) is 5.32 Å². The molecule has 0 bridgehead atoms. The molecule has 102 valence electrons. The van der Waals surface area contributed by atoms with E-state index in [1.807, 2.05) is 0 Å². The number of fused-ring (bicyclic) bond motifs is 1. The summed E-state index contributed by atoms with van der Waals surface area (Å²) in [5.41, 5.74) is 0. The third-order valence-electron chi connectivity index (χ3n) is 2.57. The van der Waals surface area contributed by atoms with E-state index in [-0.39, 0.29) is 23.1 Å². The number of hydrogen-bond donors (Lipinski definition) is 3. The summed E-state index contributed by atoms with van der Waals surface area (Å²) in [5.74, 6) is -0.902. The monoisotopic (exact) mass is 303 g/mol. The molecule has 2 rings (SSSR count). The topological polar surface area (TPSA) is 69.6 Å². The maximum atomic E-state index is 13.1. The van der Waals surface area contributed by atoms with E-state index >= 15 is 0 Å². The summed E-state index contributed by atoms with van der Waals surface area (Å²) in [6.45, 7) is -0.751. The molecule has 0 unspecified atom stereocenters. The Bertz CT molecular complexity index is 612. The van der Waals surface area contributed by atoms with E-state index < -0.39 is 17.8 Å². The molecule has 0 aliphatic rings. The second-order valence-corrected chi connectivity index (χ2v) is 5.35. The molecule has 1 heterocycles. The van der Waals surface area contributed by atoms with Gasteiger partial charge in [0.15, 0.2) is 0 Å². The van der Waals surface area contributed by atoms with Crippen molar-refractivity contribution in [2.24, 2.45) is 0 Å². The predicted octanol–water partition coefficient (Wildman–Crippen LogP) is 1.78. The van der Waals surface area contributed by atoms with E-state index in [4.69, 9.17) is 21.8 Å². The van der Waals surface area contributed by atoms with Crippen LogP contribution in [0.25, 0.3) is 10.1 Å². The van der Waals surface area contributed by atoms with Crippen LogP contribution < -0.4 is 5.32 Å². The summed E-state index contributed by atoms with van der Waals surface area (Å²) in [7, 11) is 0. The van der Waals surface area contributed by atoms with Crippen LogP contribution >= 0.6 is 22.9 Å². The van der Waals surface area contributed by atoms with Gasteiger partial charge in [-0.05, 0) is 18.2 Å². The van der Waals surface area contributed by atoms with Gasteiger partial charge >= 0.3 is 0 Å². The van der Waals surface area contributed by atoms with Gasteiger partial charge in [-0.2, -0.15) is 0 Å². The Morgan fingerprint density at radius 2 is 2.11 bits per heavy atom. The van der Waals surface area contributed by atoms with Crippen molar-refractivity contribution >= 4 is 38.9 Å². The predicted molar refractivity (Wildman–Crippen MR) is 72.2 cm³/mol. The largest absolute Gasteiger partial charge is 0.394 e. The Labute approximate surface area is 117 Å². The summed E-state index contributed by atoms with van der Waals surface area (Å²) in [6.07, 6.45) is 0. The van der Waals surface area contributed by atoms with E-state index in [9.17, 15) is 9.18 Å². The molecule has 1 amide bonds. The number of carbonyl (C=O) groups excluding carboxylic acids is 1. The van der Waals surface area contributed by atoms with E-state index in [1.54, 1.807) is 0 Å². The third-order valence-corrected chi connectivity index (χ3v) is 4.23. The highest BCUT2D eigenvalue weighted by atomic mass is 35.5. The average molecular weight is 304 g/mol. The first-order chi connectivity index (χ1) is 9.06. The molecule has 0 aliphatic heterocycles. The lowest BCUT2D eigenvalue weighted by Gasteiger charge is -2.12. The number of benzene rings is 1. The average Bonchev–Trinajstić information content (AvgIpc) is 2.72. The SMILES string of the molecule is O=C(NC(CO)CO)c1sc2cc(F)ccc2c1Cl. The molecule has 0 saturated carbocycles. The van der Waals surface area contributed by atoms with Gasteiger partial charge in [-0.25, -0.2) is 4.39 Å². The molecule has 1 aromatic carbocycles. The van der Waals surface area contributed by atoms with Crippen molar-refractivity contribution in [3.05, 3.63) is 33.9 Å². The lowest BCUT2D eigenvalue weighted by Crippen LogP contribution is -2.39. The lowest BCUT2D eigenvalue weighted by molar-refractivity contribution is 0.0883. The highest BCUT2D eigenvalue weighted by molar-refractivity contribution is 7.21. The van der Waals surface area contributed by atoms with Gasteiger partial charge in [-0.1, -0.05) is 11.6 Å². The molecule has 4 nitrogen and oxygen atoms in total. The van der Waals surface area contributed by atoms with Gasteiger partial charge in [0.25, 0.3) is 5.91 Å². The van der Waals surface area contributed by atoms with Crippen LogP contribution in [0.3, 0.4) is 0 Å². The van der Waals surface area contributed by atoms with Crippen LogP contribution in [0.4, 0.5) is 4.39 Å². The number of hydrogen-bond acceptors (Lipinski definition) is 4. The molecule has 3 N–H and O–H groups in total. The molecule has 7 heteroatoms. The minimum atomic E-state index is -0.745. The summed E-state index contributed by atoms with van der Waals surface area (Å²) in [4.78, 5) is 12.2. The molecule has 0 spiro atoms. The maximum Gasteiger partial charge on any atom is 0.263 e. The maximum absolute atomic E-state index is 13.1. The molecule has 1 aromatic heterocycles. The van der Waals surface area contributed by atoms with Crippen LogP contribution in [-0.4, -0.2) is 35.4 Å². The Morgan fingerprint density at radius 3 is 2.74 bits per heavy atom. The quantitative estimate of drug-likeness (QED) is 0.806. The molecule has 0 saturated heterocycles. The molecular weight excluding hydrogens is 293 g/mol. The van der Waals surface area contributed by atoms with E-state index in [2.05, 4.69) is 5.32 Å². The molecule has 2 aromatic rings. The van der Waals surface area contributed by atoms with E-state index in [0.717, 1.165) is 11.3 Å². The molecule has 0 radical (unpaired) electrons. The zero-order valence-electron chi connectivity index (χ0n) is 9.69. The molecule has 0 fully saturated rings. The van der Waals surface area contributed by atoms with Gasteiger partial charge < -0.3 is 15.5 Å². The van der Waals surface area contributed by atoms with E-state index in [0.29, 0.717) is 10.1 Å². The van der Waals surface area contributed by atoms with Crippen LogP contribution in [-0.2, 0) is 0 Å². The summed E-state index contributed by atoms with van der Waals surface area (Å²) >= 11 is 7.14. The van der Waals surface area contributed by atoms with Crippen LogP contribution in [0.2, 0.25) is 5.02 Å². The first kappa shape index (κ1) is 14.2. The number of thiophene rings is 1. The minimum Gasteiger partial charge on any atom is -0.394 e. The molecule has 19 heavy (non-hydrogen) atoms. The minimum absolute atomic E-state index is 0.231. The summed E-state index contributed by atoms with van der Waals surface area (Å²) in [5, 5.41) is 21.1. The second-order valence-electron chi connectivity index (χ2n) is 3.92. The number of rotatable bonds is 4. The van der Waals surface area contributed by atoms with Gasteiger partial charge in [-0.15, -0.1) is 11.3 Å². The van der Waals surface area contributed by atoms with Gasteiger partial charge in [0.2, 0.25) is 0 Å². The highest BCUT2D eigenvalue weighted by Gasteiger charge is 2.19. The fourth-order valence-electron chi connectivity index (χ4n) is 1.59. The van der Waals surface area contributed by atoms with Gasteiger partial charge in [0.05, 0.1) is 24.3 Å². The Morgan fingerprint density at radius 1 is 1.42 bits per heavy atom. The third kappa shape index (κ3) is 2.87. The smallest absolute Gasteiger partial charge is 0.263 e. The summed E-state index contributed by atoms with van der Waals surface area (Å²) in [6, 6.07) is 3.34. The standard InChI is InChI=1S/C12H11ClFNO3S/c13-10-8-2-1-6(14)3-9(8)19-11(10)12(18)15-7(4-16)5-17/h1-3,7,16-17H,4-5H2,(H,15,18). The van der Waals surface area contributed by atoms with Crippen molar-refractivity contribution in [3.63, 3.8) is 0 Å². The first-order valence-electron chi connectivity index (χ1n) is 5.47. The van der Waals surface area contributed by atoms with Gasteiger partial charge in [0.1, 0.15) is 10.7 Å². The number of aliphatic hydroxyl groups is 2. The highest BCUT2D eigenvalue weighted by Crippen LogP contribution is 2.35. The van der Waals surface area contributed by atoms with Crippen LogP contribution in [0.15, 0.2) is 18.2 Å². The normalized spacial score (nSPS) is 11.2. The number of halogens is 2. The fourth-order valence-corrected chi connectivity index (χ4v) is 3.03. The number of nitrogens with one attached hydrogen (secondary N) is 1. The van der Waals surface area contributed by atoms with Crippen molar-refractivity contribution in [2.45, 2.75) is 6.04 Å². The van der Waals surface area contributed by atoms with Crippen molar-refractivity contribution in [1.29, 1.82) is 0 Å². The molecule has 0 atom stereocenters. The lowest BCUT2D eigenvalue weighted by atomic mass is 10.2. The Kier molecular flexibility index (Phi) is 4.36. The van der Waals surface area contributed by atoms with Crippen molar-refractivity contribution in [3.8, 4) is 0 Å². The van der Waals surface area contributed by atoms with Crippen LogP contribution in [0.5, 0.6) is 0 Å². The fraction of sp³-hybridized carbons (Fsp3) is 0.250.